The molecule has 32 heavy (non-hydrogen) atoms. The Morgan fingerprint density at radius 3 is 1.88 bits per heavy atom. The molecule has 0 radical (unpaired) electrons. The molecule has 5 atom stereocenters. The monoisotopic (exact) mass is 449 g/mol. The fourth-order valence-electron chi connectivity index (χ4n) is 3.03. The van der Waals surface area contributed by atoms with Gasteiger partial charge in [-0.3, -0.25) is 19.2 Å². The van der Waals surface area contributed by atoms with Gasteiger partial charge in [0.1, 0.15) is 18.5 Å². The average Bonchev–Trinajstić information content (AvgIpc) is 2.70. The maximum absolute atomic E-state index is 11.8. The quantitative estimate of drug-likeness (QED) is 0.434. The minimum atomic E-state index is -1.33. The Morgan fingerprint density at radius 2 is 1.38 bits per heavy atom. The van der Waals surface area contributed by atoms with Crippen molar-refractivity contribution in [1.82, 2.24) is 0 Å². The largest absolute Gasteiger partial charge is 0.463 e. The van der Waals surface area contributed by atoms with E-state index in [0.717, 1.165) is 20.8 Å². The number of rotatable bonds is 7. The van der Waals surface area contributed by atoms with Crippen molar-refractivity contribution < 1.29 is 47.6 Å². The van der Waals surface area contributed by atoms with Gasteiger partial charge < -0.3 is 28.4 Å². The molecular formula is C21H23NO10. The van der Waals surface area contributed by atoms with Crippen LogP contribution in [0.2, 0.25) is 0 Å². The first-order valence-electron chi connectivity index (χ1n) is 9.58. The van der Waals surface area contributed by atoms with Crippen LogP contribution >= 0.6 is 0 Å². The number of esters is 4. The van der Waals surface area contributed by atoms with Crippen LogP contribution in [-0.2, 0) is 42.9 Å². The molecule has 1 saturated heterocycles. The van der Waals surface area contributed by atoms with E-state index in [1.54, 1.807) is 0 Å². The molecule has 1 aromatic rings. The summed E-state index contributed by atoms with van der Waals surface area (Å²) in [6.07, 6.45) is -6.35. The van der Waals surface area contributed by atoms with Crippen molar-refractivity contribution in [2.45, 2.75) is 58.4 Å². The molecule has 0 spiro atoms. The van der Waals surface area contributed by atoms with Crippen LogP contribution in [0.3, 0.4) is 0 Å². The van der Waals surface area contributed by atoms with Crippen LogP contribution in [-0.4, -0.2) is 61.2 Å². The van der Waals surface area contributed by atoms with Gasteiger partial charge in [0, 0.05) is 27.7 Å². The van der Waals surface area contributed by atoms with E-state index in [1.165, 1.54) is 31.2 Å². The standard InChI is InChI=1S/C21H23NO10/c1-11(23)27-10-17-18(28-12(2)24)19(29-13(3)25)20(30-14(4)26)21(32-17)31-16-7-5-15(9-22)6-8-16/h5-8,17-21H,10H2,1-4H3/t17-,18-,19+,20+,21+/m1/s1. The Hall–Kier alpha value is -3.65. The van der Waals surface area contributed by atoms with Crippen molar-refractivity contribution in [1.29, 1.82) is 5.26 Å². The highest BCUT2D eigenvalue weighted by atomic mass is 16.7. The van der Waals surface area contributed by atoms with Gasteiger partial charge >= 0.3 is 23.9 Å². The van der Waals surface area contributed by atoms with Crippen LogP contribution in [0.25, 0.3) is 0 Å². The van der Waals surface area contributed by atoms with E-state index >= 15 is 0 Å². The summed E-state index contributed by atoms with van der Waals surface area (Å²) in [7, 11) is 0. The molecule has 0 N–H and O–H groups in total. The molecule has 1 aliphatic heterocycles. The van der Waals surface area contributed by atoms with Gasteiger partial charge in [0.25, 0.3) is 0 Å². The molecule has 0 aliphatic carbocycles. The van der Waals surface area contributed by atoms with E-state index in [1.807, 2.05) is 6.07 Å². The lowest BCUT2D eigenvalue weighted by molar-refractivity contribution is -0.288. The highest BCUT2D eigenvalue weighted by Gasteiger charge is 2.53. The summed E-state index contributed by atoms with van der Waals surface area (Å²) in [5.41, 5.74) is 0.388. The topological polar surface area (TPSA) is 147 Å². The van der Waals surface area contributed by atoms with E-state index < -0.39 is 54.6 Å². The lowest BCUT2D eigenvalue weighted by atomic mass is 9.98. The van der Waals surface area contributed by atoms with Crippen LogP contribution in [0.4, 0.5) is 0 Å². The van der Waals surface area contributed by atoms with Gasteiger partial charge in [-0.2, -0.15) is 5.26 Å². The minimum Gasteiger partial charge on any atom is -0.463 e. The van der Waals surface area contributed by atoms with Crippen molar-refractivity contribution in [3.8, 4) is 11.8 Å². The van der Waals surface area contributed by atoms with Crippen molar-refractivity contribution in [3.05, 3.63) is 29.8 Å². The van der Waals surface area contributed by atoms with E-state index in [2.05, 4.69) is 0 Å². The van der Waals surface area contributed by atoms with Gasteiger partial charge in [0.2, 0.25) is 12.4 Å². The molecule has 11 heteroatoms. The van der Waals surface area contributed by atoms with E-state index in [9.17, 15) is 19.2 Å². The number of ether oxygens (including phenoxy) is 6. The second kappa shape index (κ2) is 11.1. The first-order valence-corrected chi connectivity index (χ1v) is 9.58. The van der Waals surface area contributed by atoms with Gasteiger partial charge in [0.15, 0.2) is 12.2 Å². The minimum absolute atomic E-state index is 0.255. The van der Waals surface area contributed by atoms with Crippen molar-refractivity contribution in [2.24, 2.45) is 0 Å². The van der Waals surface area contributed by atoms with Gasteiger partial charge in [-0.15, -0.1) is 0 Å². The summed E-state index contributed by atoms with van der Waals surface area (Å²) in [5, 5.41) is 8.95. The third-order valence-corrected chi connectivity index (χ3v) is 4.18. The average molecular weight is 449 g/mol. The Bertz CT molecular complexity index is 891. The molecule has 2 rings (SSSR count). The summed E-state index contributed by atoms with van der Waals surface area (Å²) in [4.78, 5) is 46.6. The molecule has 0 bridgehead atoms. The summed E-state index contributed by atoms with van der Waals surface area (Å²) in [6.45, 7) is 4.22. The third-order valence-electron chi connectivity index (χ3n) is 4.18. The Morgan fingerprint density at radius 1 is 0.844 bits per heavy atom. The fraction of sp³-hybridized carbons (Fsp3) is 0.476. The zero-order valence-corrected chi connectivity index (χ0v) is 17.9. The van der Waals surface area contributed by atoms with Gasteiger partial charge in [0.05, 0.1) is 11.6 Å². The second-order valence-electron chi connectivity index (χ2n) is 6.82. The number of hydrogen-bond acceptors (Lipinski definition) is 11. The molecule has 1 aliphatic rings. The van der Waals surface area contributed by atoms with Gasteiger partial charge in [-0.05, 0) is 24.3 Å². The lowest BCUT2D eigenvalue weighted by Crippen LogP contribution is -2.63. The highest BCUT2D eigenvalue weighted by molar-refractivity contribution is 5.68. The van der Waals surface area contributed by atoms with E-state index in [-0.39, 0.29) is 12.4 Å². The van der Waals surface area contributed by atoms with Crippen LogP contribution in [0.1, 0.15) is 33.3 Å². The molecule has 0 unspecified atom stereocenters. The molecule has 1 aromatic carbocycles. The molecule has 1 heterocycles. The third kappa shape index (κ3) is 6.95. The number of carbonyl (C=O) groups is 4. The SMILES string of the molecule is CC(=O)OC[C@H]1O[C@H](Oc2ccc(C#N)cc2)[C@@H](OC(C)=O)[C@@H](OC(C)=O)[C@@H]1OC(C)=O. The molecule has 0 amide bonds. The smallest absolute Gasteiger partial charge is 0.303 e. The first kappa shape index (κ1) is 24.6. The Labute approximate surface area is 184 Å². The zero-order valence-electron chi connectivity index (χ0n) is 17.9. The van der Waals surface area contributed by atoms with Crippen molar-refractivity contribution >= 4 is 23.9 Å². The Kier molecular flexibility index (Phi) is 8.54. The molecule has 0 saturated carbocycles. The van der Waals surface area contributed by atoms with Crippen molar-refractivity contribution in [2.75, 3.05) is 6.61 Å². The molecule has 0 aromatic heterocycles. The van der Waals surface area contributed by atoms with Gasteiger partial charge in [-0.25, -0.2) is 0 Å². The predicted octanol–water partition coefficient (Wildman–Crippen LogP) is 1.02. The summed E-state index contributed by atoms with van der Waals surface area (Å²) >= 11 is 0. The van der Waals surface area contributed by atoms with E-state index in [4.69, 9.17) is 33.7 Å². The number of nitrogens with zero attached hydrogens (tertiary/aromatic N) is 1. The van der Waals surface area contributed by atoms with Crippen LogP contribution in [0, 0.1) is 11.3 Å². The van der Waals surface area contributed by atoms with Crippen LogP contribution in [0.5, 0.6) is 5.75 Å². The number of nitriles is 1. The maximum atomic E-state index is 11.8. The number of benzene rings is 1. The van der Waals surface area contributed by atoms with Crippen molar-refractivity contribution in [3.63, 3.8) is 0 Å². The molecule has 1 fully saturated rings. The normalized spacial score (nSPS) is 24.4. The van der Waals surface area contributed by atoms with E-state index in [0.29, 0.717) is 5.56 Å². The number of hydrogen-bond donors (Lipinski definition) is 0. The highest BCUT2D eigenvalue weighted by Crippen LogP contribution is 2.31. The second-order valence-corrected chi connectivity index (χ2v) is 6.82. The zero-order chi connectivity index (χ0) is 23.8. The summed E-state index contributed by atoms with van der Waals surface area (Å²) in [5.74, 6) is -2.56. The summed E-state index contributed by atoms with van der Waals surface area (Å²) in [6, 6.07) is 7.96. The Balaban J connectivity index is 2.43. The maximum Gasteiger partial charge on any atom is 0.303 e. The lowest BCUT2D eigenvalue weighted by Gasteiger charge is -2.43. The molecule has 11 nitrogen and oxygen atoms in total. The van der Waals surface area contributed by atoms with Gasteiger partial charge in [-0.1, -0.05) is 0 Å². The predicted molar refractivity (Wildman–Crippen MR) is 104 cm³/mol. The van der Waals surface area contributed by atoms with Crippen LogP contribution in [0.15, 0.2) is 24.3 Å². The fourth-order valence-corrected chi connectivity index (χ4v) is 3.03. The molecule has 172 valence electrons. The molecular weight excluding hydrogens is 426 g/mol. The first-order chi connectivity index (χ1) is 15.1. The number of carbonyl (C=O) groups excluding carboxylic acids is 4. The summed E-state index contributed by atoms with van der Waals surface area (Å²) < 4.78 is 32.5. The van der Waals surface area contributed by atoms with Crippen LogP contribution < -0.4 is 4.74 Å².